The number of aromatic nitrogens is 2. The summed E-state index contributed by atoms with van der Waals surface area (Å²) < 4.78 is 0. The van der Waals surface area contributed by atoms with E-state index in [1.54, 1.807) is 35.2 Å². The lowest BCUT2D eigenvalue weighted by Crippen LogP contribution is -2.43. The molecule has 0 radical (unpaired) electrons. The van der Waals surface area contributed by atoms with E-state index in [0.717, 1.165) is 5.56 Å². The van der Waals surface area contributed by atoms with Crippen LogP contribution in [0.2, 0.25) is 15.1 Å². The number of hydrogen-bond acceptors (Lipinski definition) is 4. The molecule has 2 heterocycles. The average Bonchev–Trinajstić information content (AvgIpc) is 3.31. The third kappa shape index (κ3) is 5.04. The number of halogens is 3. The standard InChI is InChI=1S/C23H19Cl3N4O4/c24-14-3-1-12(2-4-14)22(32)30-6-5-16-13(10-30)7-17(25)19(20(16)26)21(31)29-18(23(33)34)8-15-9-27-11-28-15/h1-4,7,9,11,18H,5-6,8,10H2,(H,27,28)(H,29,31)(H,33,34)/t18-/m0/s1. The molecular formula is C23H19Cl3N4O4. The van der Waals surface area contributed by atoms with E-state index in [1.807, 2.05) is 0 Å². The number of carbonyl (C=O) groups excluding carboxylic acids is 2. The molecule has 11 heteroatoms. The van der Waals surface area contributed by atoms with E-state index >= 15 is 0 Å². The largest absolute Gasteiger partial charge is 0.480 e. The molecule has 0 aliphatic carbocycles. The molecule has 2 amide bonds. The SMILES string of the molecule is O=C(N[C@@H](Cc1cnc[nH]1)C(=O)O)c1c(Cl)cc2c(c1Cl)CCN(C(=O)c1ccc(Cl)cc1)C2. The molecule has 0 saturated carbocycles. The summed E-state index contributed by atoms with van der Waals surface area (Å²) in [6.45, 7) is 0.671. The van der Waals surface area contributed by atoms with Crippen LogP contribution in [0.1, 0.15) is 37.5 Å². The molecule has 0 bridgehead atoms. The van der Waals surface area contributed by atoms with Crippen molar-refractivity contribution in [3.8, 4) is 0 Å². The van der Waals surface area contributed by atoms with Gasteiger partial charge in [-0.2, -0.15) is 0 Å². The van der Waals surface area contributed by atoms with E-state index in [1.165, 1.54) is 12.5 Å². The van der Waals surface area contributed by atoms with Gasteiger partial charge in [0.05, 0.1) is 21.9 Å². The first-order valence-corrected chi connectivity index (χ1v) is 11.4. The second kappa shape index (κ2) is 10.0. The summed E-state index contributed by atoms with van der Waals surface area (Å²) >= 11 is 18.9. The summed E-state index contributed by atoms with van der Waals surface area (Å²) in [6.07, 6.45) is 3.34. The number of imidazole rings is 1. The number of fused-ring (bicyclic) bond motifs is 1. The van der Waals surface area contributed by atoms with Crippen LogP contribution in [0.3, 0.4) is 0 Å². The maximum atomic E-state index is 13.0. The highest BCUT2D eigenvalue weighted by atomic mass is 35.5. The number of benzene rings is 2. The van der Waals surface area contributed by atoms with Gasteiger partial charge >= 0.3 is 5.97 Å². The number of nitrogens with one attached hydrogen (secondary N) is 2. The van der Waals surface area contributed by atoms with Crippen LogP contribution in [0.15, 0.2) is 42.9 Å². The Morgan fingerprint density at radius 2 is 1.91 bits per heavy atom. The lowest BCUT2D eigenvalue weighted by atomic mass is 9.95. The van der Waals surface area contributed by atoms with Crippen LogP contribution in [-0.4, -0.2) is 50.3 Å². The minimum Gasteiger partial charge on any atom is -0.480 e. The molecule has 0 fully saturated rings. The minimum absolute atomic E-state index is 0.00965. The van der Waals surface area contributed by atoms with Crippen LogP contribution < -0.4 is 5.32 Å². The normalized spacial score (nSPS) is 13.8. The van der Waals surface area contributed by atoms with Crippen molar-refractivity contribution in [3.05, 3.63) is 85.9 Å². The second-order valence-corrected chi connectivity index (χ2v) is 9.04. The molecule has 1 aliphatic heterocycles. The first-order chi connectivity index (χ1) is 16.2. The van der Waals surface area contributed by atoms with E-state index in [4.69, 9.17) is 34.8 Å². The van der Waals surface area contributed by atoms with Crippen LogP contribution in [0.5, 0.6) is 0 Å². The van der Waals surface area contributed by atoms with Crippen molar-refractivity contribution in [2.75, 3.05) is 6.54 Å². The first kappa shape index (κ1) is 24.1. The molecule has 1 atom stereocenters. The summed E-state index contributed by atoms with van der Waals surface area (Å²) in [5, 5.41) is 12.8. The number of carbonyl (C=O) groups is 3. The van der Waals surface area contributed by atoms with Crippen LogP contribution >= 0.6 is 34.8 Å². The zero-order chi connectivity index (χ0) is 24.4. The van der Waals surface area contributed by atoms with E-state index in [-0.39, 0.29) is 34.5 Å². The summed E-state index contributed by atoms with van der Waals surface area (Å²) in [6, 6.07) is 7.03. The van der Waals surface area contributed by atoms with E-state index in [0.29, 0.717) is 34.8 Å². The number of H-pyrrole nitrogens is 1. The number of aromatic amines is 1. The van der Waals surface area contributed by atoms with Gasteiger partial charge in [0.2, 0.25) is 0 Å². The van der Waals surface area contributed by atoms with Crippen molar-refractivity contribution in [2.24, 2.45) is 0 Å². The van der Waals surface area contributed by atoms with Crippen molar-refractivity contribution in [1.29, 1.82) is 0 Å². The third-order valence-corrected chi connectivity index (χ3v) is 6.56. The van der Waals surface area contributed by atoms with Gasteiger partial charge in [0.15, 0.2) is 0 Å². The summed E-state index contributed by atoms with van der Waals surface area (Å²) in [5.74, 6) is -2.05. The zero-order valence-corrected chi connectivity index (χ0v) is 19.9. The molecule has 0 saturated heterocycles. The monoisotopic (exact) mass is 520 g/mol. The topological polar surface area (TPSA) is 115 Å². The van der Waals surface area contributed by atoms with Gasteiger partial charge in [-0.25, -0.2) is 9.78 Å². The van der Waals surface area contributed by atoms with Gasteiger partial charge in [0, 0.05) is 42.0 Å². The zero-order valence-electron chi connectivity index (χ0n) is 17.6. The highest BCUT2D eigenvalue weighted by molar-refractivity contribution is 6.40. The Bertz CT molecular complexity index is 1250. The fourth-order valence-corrected chi connectivity index (χ4v) is 4.74. The van der Waals surface area contributed by atoms with Crippen molar-refractivity contribution in [2.45, 2.75) is 25.4 Å². The molecular weight excluding hydrogens is 503 g/mol. The maximum absolute atomic E-state index is 13.0. The van der Waals surface area contributed by atoms with E-state index < -0.39 is 17.9 Å². The number of hydrogen-bond donors (Lipinski definition) is 3. The molecule has 34 heavy (non-hydrogen) atoms. The van der Waals surface area contributed by atoms with Crippen molar-refractivity contribution in [1.82, 2.24) is 20.2 Å². The van der Waals surface area contributed by atoms with Crippen LogP contribution in [-0.2, 0) is 24.2 Å². The molecule has 1 aromatic heterocycles. The van der Waals surface area contributed by atoms with Gasteiger partial charge in [-0.15, -0.1) is 0 Å². The number of aliphatic carboxylic acids is 1. The first-order valence-electron chi connectivity index (χ1n) is 10.3. The predicted molar refractivity (Wildman–Crippen MR) is 128 cm³/mol. The van der Waals surface area contributed by atoms with E-state index in [2.05, 4.69) is 15.3 Å². The van der Waals surface area contributed by atoms with E-state index in [9.17, 15) is 19.5 Å². The van der Waals surface area contributed by atoms with Crippen molar-refractivity contribution < 1.29 is 19.5 Å². The van der Waals surface area contributed by atoms with Gasteiger partial charge in [0.1, 0.15) is 6.04 Å². The highest BCUT2D eigenvalue weighted by Gasteiger charge is 2.29. The number of carboxylic acids is 1. The molecule has 0 unspecified atom stereocenters. The van der Waals surface area contributed by atoms with Gasteiger partial charge in [0.25, 0.3) is 11.8 Å². The van der Waals surface area contributed by atoms with Gasteiger partial charge in [-0.05, 0) is 47.9 Å². The summed E-state index contributed by atoms with van der Waals surface area (Å²) in [7, 11) is 0. The Hall–Kier alpha value is -3.07. The minimum atomic E-state index is -1.20. The molecule has 176 valence electrons. The number of carboxylic acid groups (broad SMARTS) is 1. The molecule has 1 aliphatic rings. The van der Waals surface area contributed by atoms with Crippen LogP contribution in [0.25, 0.3) is 0 Å². The van der Waals surface area contributed by atoms with Gasteiger partial charge in [-0.3, -0.25) is 9.59 Å². The molecule has 3 N–H and O–H groups in total. The maximum Gasteiger partial charge on any atom is 0.326 e. The molecule has 2 aromatic carbocycles. The lowest BCUT2D eigenvalue weighted by Gasteiger charge is -2.30. The quantitative estimate of drug-likeness (QED) is 0.454. The fourth-order valence-electron chi connectivity index (χ4n) is 3.86. The smallest absolute Gasteiger partial charge is 0.326 e. The summed E-state index contributed by atoms with van der Waals surface area (Å²) in [4.78, 5) is 45.8. The predicted octanol–water partition coefficient (Wildman–Crippen LogP) is 3.99. The van der Waals surface area contributed by atoms with Crippen LogP contribution in [0.4, 0.5) is 0 Å². The number of amides is 2. The Labute approximate surface area is 209 Å². The summed E-state index contributed by atoms with van der Waals surface area (Å²) in [5.41, 5.74) is 2.51. The van der Waals surface area contributed by atoms with Crippen molar-refractivity contribution in [3.63, 3.8) is 0 Å². The molecule has 8 nitrogen and oxygen atoms in total. The lowest BCUT2D eigenvalue weighted by molar-refractivity contribution is -0.139. The fraction of sp³-hybridized carbons (Fsp3) is 0.217. The number of rotatable bonds is 6. The average molecular weight is 522 g/mol. The molecule has 4 rings (SSSR count). The Kier molecular flexibility index (Phi) is 7.11. The van der Waals surface area contributed by atoms with Crippen molar-refractivity contribution >= 4 is 52.6 Å². The Morgan fingerprint density at radius 3 is 2.56 bits per heavy atom. The van der Waals surface area contributed by atoms with Crippen LogP contribution in [0, 0.1) is 0 Å². The molecule has 0 spiro atoms. The highest BCUT2D eigenvalue weighted by Crippen LogP contribution is 2.35. The second-order valence-electron chi connectivity index (χ2n) is 7.81. The van der Waals surface area contributed by atoms with Gasteiger partial charge in [-0.1, -0.05) is 34.8 Å². The Balaban J connectivity index is 1.54. The Morgan fingerprint density at radius 1 is 1.18 bits per heavy atom. The molecule has 3 aromatic rings. The third-order valence-electron chi connectivity index (χ3n) is 5.59. The number of nitrogens with zero attached hydrogens (tertiary/aromatic N) is 2. The van der Waals surface area contributed by atoms with Gasteiger partial charge < -0.3 is 20.3 Å².